The van der Waals surface area contributed by atoms with E-state index < -0.39 is 5.97 Å². The first-order valence-electron chi connectivity index (χ1n) is 6.99. The van der Waals surface area contributed by atoms with E-state index in [9.17, 15) is 15.0 Å². The highest BCUT2D eigenvalue weighted by Gasteiger charge is 2.20. The van der Waals surface area contributed by atoms with Crippen molar-refractivity contribution < 1.29 is 19.8 Å². The predicted octanol–water partition coefficient (Wildman–Crippen LogP) is 3.31. The third-order valence-corrected chi connectivity index (χ3v) is 3.66. The molecule has 0 bridgehead atoms. The highest BCUT2D eigenvalue weighted by atomic mass is 35.5. The summed E-state index contributed by atoms with van der Waals surface area (Å²) >= 11 is 11.9. The normalized spacial score (nSPS) is 10.7. The zero-order valence-electron chi connectivity index (χ0n) is 12.8. The Hall–Kier alpha value is -2.77. The zero-order chi connectivity index (χ0) is 18.1. The summed E-state index contributed by atoms with van der Waals surface area (Å²) in [5, 5.41) is 24.9. The van der Waals surface area contributed by atoms with Gasteiger partial charge in [-0.1, -0.05) is 28.0 Å². The number of aromatic nitrogens is 3. The molecule has 2 aromatic carbocycles. The summed E-state index contributed by atoms with van der Waals surface area (Å²) < 4.78 is 0. The zero-order valence-corrected chi connectivity index (χ0v) is 14.3. The molecule has 128 valence electrons. The lowest BCUT2D eigenvalue weighted by Crippen LogP contribution is -2.19. The van der Waals surface area contributed by atoms with Crippen molar-refractivity contribution >= 4 is 29.2 Å². The molecule has 0 amide bonds. The minimum Gasteiger partial charge on any atom is -0.507 e. The average Bonchev–Trinajstić information content (AvgIpc) is 2.94. The van der Waals surface area contributed by atoms with Crippen molar-refractivity contribution in [2.45, 2.75) is 6.92 Å². The fourth-order valence-corrected chi connectivity index (χ4v) is 2.48. The first-order chi connectivity index (χ1) is 11.8. The Balaban J connectivity index is 2.21. The van der Waals surface area contributed by atoms with E-state index in [4.69, 9.17) is 28.0 Å². The van der Waals surface area contributed by atoms with Crippen molar-refractivity contribution in [3.63, 3.8) is 0 Å². The molecule has 0 atom stereocenters. The number of benzene rings is 2. The van der Waals surface area contributed by atoms with Crippen molar-refractivity contribution in [2.75, 3.05) is 0 Å². The molecule has 0 aliphatic carbocycles. The number of carbonyl (C=O) groups is 1. The quantitative estimate of drug-likeness (QED) is 0.724. The summed E-state index contributed by atoms with van der Waals surface area (Å²) in [7, 11) is 0. The SMILES string of the molecule is CC(=O)On1nc(-c2cc(Cl)ccc2O)nc1-c1cc(Cl)ccc1O. The van der Waals surface area contributed by atoms with E-state index in [0.717, 1.165) is 4.85 Å². The van der Waals surface area contributed by atoms with Crippen molar-refractivity contribution in [1.29, 1.82) is 0 Å². The Labute approximate surface area is 152 Å². The number of nitrogens with zero attached hydrogens (tertiary/aromatic N) is 3. The first kappa shape index (κ1) is 17.1. The number of hydrogen-bond donors (Lipinski definition) is 2. The molecule has 0 radical (unpaired) electrons. The second-order valence-corrected chi connectivity index (χ2v) is 5.91. The van der Waals surface area contributed by atoms with Crippen LogP contribution in [0.3, 0.4) is 0 Å². The predicted molar refractivity (Wildman–Crippen MR) is 91.5 cm³/mol. The van der Waals surface area contributed by atoms with Gasteiger partial charge in [0.15, 0.2) is 5.82 Å². The molecule has 25 heavy (non-hydrogen) atoms. The van der Waals surface area contributed by atoms with Crippen molar-refractivity contribution in [3.05, 3.63) is 46.4 Å². The van der Waals surface area contributed by atoms with Gasteiger partial charge in [-0.25, -0.2) is 9.78 Å². The Bertz CT molecular complexity index is 972. The highest BCUT2D eigenvalue weighted by Crippen LogP contribution is 2.34. The Morgan fingerprint density at radius 3 is 2.20 bits per heavy atom. The minimum atomic E-state index is -0.644. The molecule has 0 unspecified atom stereocenters. The maximum absolute atomic E-state index is 11.3. The molecule has 3 aromatic rings. The van der Waals surface area contributed by atoms with E-state index in [2.05, 4.69) is 10.1 Å². The van der Waals surface area contributed by atoms with Gasteiger partial charge in [0.2, 0.25) is 5.82 Å². The molecule has 2 N–H and O–H groups in total. The Morgan fingerprint density at radius 1 is 1.04 bits per heavy atom. The lowest BCUT2D eigenvalue weighted by molar-refractivity contribution is -0.142. The van der Waals surface area contributed by atoms with Crippen molar-refractivity contribution in [1.82, 2.24) is 14.9 Å². The molecule has 0 aliphatic rings. The van der Waals surface area contributed by atoms with Gasteiger partial charge in [0.1, 0.15) is 11.5 Å². The van der Waals surface area contributed by atoms with Gasteiger partial charge in [0.05, 0.1) is 11.1 Å². The fourth-order valence-electron chi connectivity index (χ4n) is 2.14. The number of aromatic hydroxyl groups is 2. The number of carbonyl (C=O) groups excluding carboxylic acids is 1. The second kappa shape index (κ2) is 6.62. The fraction of sp³-hybridized carbons (Fsp3) is 0.0625. The molecule has 0 aliphatic heterocycles. The van der Waals surface area contributed by atoms with Crippen molar-refractivity contribution in [2.24, 2.45) is 0 Å². The van der Waals surface area contributed by atoms with E-state index in [1.165, 1.54) is 43.3 Å². The van der Waals surface area contributed by atoms with Gasteiger partial charge in [-0.3, -0.25) is 0 Å². The molecule has 9 heteroatoms. The summed E-state index contributed by atoms with van der Waals surface area (Å²) in [6, 6.07) is 8.68. The lowest BCUT2D eigenvalue weighted by Gasteiger charge is -2.05. The largest absolute Gasteiger partial charge is 0.507 e. The molecule has 0 spiro atoms. The van der Waals surface area contributed by atoms with E-state index in [1.54, 1.807) is 0 Å². The van der Waals surface area contributed by atoms with Crippen LogP contribution in [0.5, 0.6) is 11.5 Å². The monoisotopic (exact) mass is 379 g/mol. The highest BCUT2D eigenvalue weighted by molar-refractivity contribution is 6.31. The van der Waals surface area contributed by atoms with Crippen LogP contribution in [0.4, 0.5) is 0 Å². The standard InChI is InChI=1S/C16H11Cl2N3O4/c1-8(22)25-21-16(12-7-10(18)3-5-14(12)24)19-15(20-21)11-6-9(17)2-4-13(11)23/h2-7,23-24H,1H3. The van der Waals surface area contributed by atoms with Gasteiger partial charge in [-0.15, -0.1) is 5.10 Å². The first-order valence-corrected chi connectivity index (χ1v) is 7.74. The summed E-state index contributed by atoms with van der Waals surface area (Å²) in [5.74, 6) is -0.798. The van der Waals surface area contributed by atoms with Crippen LogP contribution in [0.2, 0.25) is 10.0 Å². The van der Waals surface area contributed by atoms with Crippen LogP contribution in [-0.4, -0.2) is 31.1 Å². The van der Waals surface area contributed by atoms with Gasteiger partial charge >= 0.3 is 5.97 Å². The van der Waals surface area contributed by atoms with E-state index in [0.29, 0.717) is 10.0 Å². The number of halogens is 2. The maximum atomic E-state index is 11.3. The molecule has 0 saturated carbocycles. The summed E-state index contributed by atoms with van der Waals surface area (Å²) in [6.45, 7) is 1.19. The summed E-state index contributed by atoms with van der Waals surface area (Å²) in [6.07, 6.45) is 0. The van der Waals surface area contributed by atoms with E-state index >= 15 is 0 Å². The molecule has 0 fully saturated rings. The summed E-state index contributed by atoms with van der Waals surface area (Å²) in [5.41, 5.74) is 0.440. The molecular weight excluding hydrogens is 369 g/mol. The lowest BCUT2D eigenvalue weighted by atomic mass is 10.2. The number of rotatable bonds is 3. The van der Waals surface area contributed by atoms with Crippen LogP contribution < -0.4 is 4.84 Å². The molecule has 7 nitrogen and oxygen atoms in total. The van der Waals surface area contributed by atoms with Crippen LogP contribution in [0.25, 0.3) is 22.8 Å². The second-order valence-electron chi connectivity index (χ2n) is 5.04. The molecule has 1 heterocycles. The van der Waals surface area contributed by atoms with Gasteiger partial charge in [0.25, 0.3) is 0 Å². The van der Waals surface area contributed by atoms with Crippen LogP contribution in [0.1, 0.15) is 6.92 Å². The van der Waals surface area contributed by atoms with Gasteiger partial charge in [-0.2, -0.15) is 0 Å². The van der Waals surface area contributed by atoms with Gasteiger partial charge in [0, 0.05) is 17.0 Å². The average molecular weight is 380 g/mol. The molecule has 0 saturated heterocycles. The third-order valence-electron chi connectivity index (χ3n) is 3.19. The van der Waals surface area contributed by atoms with Crippen LogP contribution >= 0.6 is 23.2 Å². The number of phenolic OH excluding ortho intramolecular Hbond substituents is 2. The van der Waals surface area contributed by atoms with Crippen molar-refractivity contribution in [3.8, 4) is 34.3 Å². The molecule has 1 aromatic heterocycles. The van der Waals surface area contributed by atoms with Gasteiger partial charge < -0.3 is 15.1 Å². The number of hydrogen-bond acceptors (Lipinski definition) is 6. The van der Waals surface area contributed by atoms with Crippen LogP contribution in [0, 0.1) is 0 Å². The molecular formula is C16H11Cl2N3O4. The third kappa shape index (κ3) is 3.52. The van der Waals surface area contributed by atoms with E-state index in [1.807, 2.05) is 0 Å². The van der Waals surface area contributed by atoms with Crippen LogP contribution in [0.15, 0.2) is 36.4 Å². The Morgan fingerprint density at radius 2 is 1.60 bits per heavy atom. The minimum absolute atomic E-state index is 0.0320. The topological polar surface area (TPSA) is 97.5 Å². The van der Waals surface area contributed by atoms with Gasteiger partial charge in [-0.05, 0) is 36.4 Å². The summed E-state index contributed by atoms with van der Waals surface area (Å²) in [4.78, 5) is 21.4. The van der Waals surface area contributed by atoms with Crippen LogP contribution in [-0.2, 0) is 4.79 Å². The van der Waals surface area contributed by atoms with E-state index in [-0.39, 0.29) is 34.3 Å². The maximum Gasteiger partial charge on any atom is 0.332 e. The smallest absolute Gasteiger partial charge is 0.332 e. The molecule has 3 rings (SSSR count). The number of phenols is 2. The Kier molecular flexibility index (Phi) is 4.52.